The second kappa shape index (κ2) is 5.28. The van der Waals surface area contributed by atoms with E-state index < -0.39 is 6.10 Å². The third-order valence-corrected chi connectivity index (χ3v) is 4.79. The van der Waals surface area contributed by atoms with Crippen molar-refractivity contribution in [3.05, 3.63) is 70.8 Å². The van der Waals surface area contributed by atoms with Crippen LogP contribution in [0.25, 0.3) is 0 Å². The first-order valence-corrected chi connectivity index (χ1v) is 7.92. The molecule has 2 heteroatoms. The second-order valence-corrected chi connectivity index (χ2v) is 6.27. The minimum absolute atomic E-state index is 0.00160. The molecule has 0 amide bonds. The molecule has 108 valence electrons. The molecule has 1 aliphatic heterocycles. The standard InChI is InChI=1S/C19H21NO/c21-19(16-9-7-14(8-10-16)13-5-6-13)18-17-4-2-1-3-15(17)11-12-20-18/h1-4,7-10,13,18-21H,5-6,11-12H2. The molecule has 2 aromatic rings. The van der Waals surface area contributed by atoms with Crippen LogP contribution in [-0.4, -0.2) is 11.7 Å². The van der Waals surface area contributed by atoms with Crippen molar-refractivity contribution in [2.24, 2.45) is 0 Å². The number of hydrogen-bond donors (Lipinski definition) is 2. The van der Waals surface area contributed by atoms with Gasteiger partial charge in [-0.2, -0.15) is 0 Å². The maximum Gasteiger partial charge on any atom is 0.0984 e. The van der Waals surface area contributed by atoms with Crippen molar-refractivity contribution in [1.82, 2.24) is 5.32 Å². The summed E-state index contributed by atoms with van der Waals surface area (Å²) in [6.07, 6.45) is 3.19. The summed E-state index contributed by atoms with van der Waals surface area (Å²) >= 11 is 0. The molecule has 2 N–H and O–H groups in total. The molecule has 1 heterocycles. The lowest BCUT2D eigenvalue weighted by atomic mass is 9.88. The van der Waals surface area contributed by atoms with Gasteiger partial charge in [0.2, 0.25) is 0 Å². The minimum atomic E-state index is -0.486. The highest BCUT2D eigenvalue weighted by Gasteiger charge is 2.28. The maximum absolute atomic E-state index is 10.8. The molecule has 0 aromatic heterocycles. The largest absolute Gasteiger partial charge is 0.386 e. The van der Waals surface area contributed by atoms with Gasteiger partial charge in [-0.15, -0.1) is 0 Å². The Kier molecular flexibility index (Phi) is 3.28. The molecule has 0 radical (unpaired) electrons. The number of aliphatic hydroxyl groups excluding tert-OH is 1. The third-order valence-electron chi connectivity index (χ3n) is 4.79. The molecule has 2 aliphatic rings. The Morgan fingerprint density at radius 1 is 1.00 bits per heavy atom. The fraction of sp³-hybridized carbons (Fsp3) is 0.368. The summed E-state index contributed by atoms with van der Waals surface area (Å²) in [7, 11) is 0. The molecule has 2 aromatic carbocycles. The Labute approximate surface area is 125 Å². The molecule has 1 saturated carbocycles. The van der Waals surface area contributed by atoms with Crippen LogP contribution in [0.2, 0.25) is 0 Å². The number of nitrogens with one attached hydrogen (secondary N) is 1. The van der Waals surface area contributed by atoms with E-state index >= 15 is 0 Å². The summed E-state index contributed by atoms with van der Waals surface area (Å²) in [5.74, 6) is 0.768. The summed E-state index contributed by atoms with van der Waals surface area (Å²) in [4.78, 5) is 0. The molecule has 4 rings (SSSR count). The second-order valence-electron chi connectivity index (χ2n) is 6.27. The van der Waals surface area contributed by atoms with Gasteiger partial charge in [-0.25, -0.2) is 0 Å². The van der Waals surface area contributed by atoms with Gasteiger partial charge in [-0.3, -0.25) is 0 Å². The van der Waals surface area contributed by atoms with Crippen LogP contribution in [0.5, 0.6) is 0 Å². The number of hydrogen-bond acceptors (Lipinski definition) is 2. The van der Waals surface area contributed by atoms with E-state index in [0.29, 0.717) is 0 Å². The lowest BCUT2D eigenvalue weighted by Crippen LogP contribution is -2.33. The van der Waals surface area contributed by atoms with Crippen molar-refractivity contribution in [2.45, 2.75) is 37.3 Å². The van der Waals surface area contributed by atoms with Crippen molar-refractivity contribution < 1.29 is 5.11 Å². The van der Waals surface area contributed by atoms with E-state index in [-0.39, 0.29) is 6.04 Å². The van der Waals surface area contributed by atoms with Crippen molar-refractivity contribution >= 4 is 0 Å². The quantitative estimate of drug-likeness (QED) is 0.901. The normalized spacial score (nSPS) is 22.6. The van der Waals surface area contributed by atoms with Crippen LogP contribution < -0.4 is 5.32 Å². The van der Waals surface area contributed by atoms with Gasteiger partial charge in [0.05, 0.1) is 12.1 Å². The van der Waals surface area contributed by atoms with Crippen LogP contribution in [0.1, 0.15) is 53.2 Å². The molecule has 2 unspecified atom stereocenters. The predicted octanol–water partition coefficient (Wildman–Crippen LogP) is 3.48. The summed E-state index contributed by atoms with van der Waals surface area (Å²) in [5.41, 5.74) is 5.02. The van der Waals surface area contributed by atoms with Gasteiger partial charge in [-0.05, 0) is 54.0 Å². The highest BCUT2D eigenvalue weighted by Crippen LogP contribution is 2.41. The molecular formula is C19H21NO. The molecule has 21 heavy (non-hydrogen) atoms. The number of benzene rings is 2. The van der Waals surface area contributed by atoms with Gasteiger partial charge in [0.15, 0.2) is 0 Å². The smallest absolute Gasteiger partial charge is 0.0984 e. The highest BCUT2D eigenvalue weighted by atomic mass is 16.3. The molecule has 1 fully saturated rings. The van der Waals surface area contributed by atoms with Crippen LogP contribution in [0.4, 0.5) is 0 Å². The average Bonchev–Trinajstić information content (AvgIpc) is 3.39. The topological polar surface area (TPSA) is 32.3 Å². The first-order chi connectivity index (χ1) is 10.3. The predicted molar refractivity (Wildman–Crippen MR) is 84.3 cm³/mol. The fourth-order valence-electron chi connectivity index (χ4n) is 3.39. The molecule has 1 aliphatic carbocycles. The van der Waals surface area contributed by atoms with Crippen LogP contribution in [0.3, 0.4) is 0 Å². The molecule has 2 nitrogen and oxygen atoms in total. The zero-order valence-corrected chi connectivity index (χ0v) is 12.1. The van der Waals surface area contributed by atoms with E-state index in [4.69, 9.17) is 0 Å². The lowest BCUT2D eigenvalue weighted by Gasteiger charge is -2.31. The number of rotatable bonds is 3. The Morgan fingerprint density at radius 2 is 1.76 bits per heavy atom. The third kappa shape index (κ3) is 2.50. The number of aliphatic hydroxyl groups is 1. The van der Waals surface area contributed by atoms with Gasteiger partial charge in [0, 0.05) is 0 Å². The zero-order chi connectivity index (χ0) is 14.2. The minimum Gasteiger partial charge on any atom is -0.386 e. The van der Waals surface area contributed by atoms with Crippen molar-refractivity contribution in [2.75, 3.05) is 6.54 Å². The van der Waals surface area contributed by atoms with E-state index in [2.05, 4.69) is 53.8 Å². The van der Waals surface area contributed by atoms with Gasteiger partial charge in [0.1, 0.15) is 0 Å². The zero-order valence-electron chi connectivity index (χ0n) is 12.1. The molecular weight excluding hydrogens is 258 g/mol. The number of fused-ring (bicyclic) bond motifs is 1. The van der Waals surface area contributed by atoms with Gasteiger partial charge in [-0.1, -0.05) is 48.5 Å². The molecule has 0 saturated heterocycles. The summed E-state index contributed by atoms with van der Waals surface area (Å²) in [6, 6.07) is 17.0. The summed E-state index contributed by atoms with van der Waals surface area (Å²) in [5, 5.41) is 14.2. The maximum atomic E-state index is 10.8. The average molecular weight is 279 g/mol. The van der Waals surface area contributed by atoms with Gasteiger partial charge >= 0.3 is 0 Å². The van der Waals surface area contributed by atoms with E-state index in [1.54, 1.807) is 0 Å². The van der Waals surface area contributed by atoms with E-state index in [9.17, 15) is 5.11 Å². The van der Waals surface area contributed by atoms with E-state index in [1.165, 1.54) is 29.5 Å². The van der Waals surface area contributed by atoms with Crippen LogP contribution in [-0.2, 0) is 6.42 Å². The van der Waals surface area contributed by atoms with E-state index in [0.717, 1.165) is 24.4 Å². The summed E-state index contributed by atoms with van der Waals surface area (Å²) in [6.45, 7) is 0.929. The Balaban J connectivity index is 1.61. The SMILES string of the molecule is OC(c1ccc(C2CC2)cc1)C1NCCc2ccccc21. The van der Waals surface area contributed by atoms with Crippen LogP contribution in [0, 0.1) is 0 Å². The Bertz CT molecular complexity index is 630. The van der Waals surface area contributed by atoms with Gasteiger partial charge < -0.3 is 10.4 Å². The molecule has 2 atom stereocenters. The lowest BCUT2D eigenvalue weighted by molar-refractivity contribution is 0.125. The van der Waals surface area contributed by atoms with Crippen LogP contribution >= 0.6 is 0 Å². The highest BCUT2D eigenvalue weighted by molar-refractivity contribution is 5.36. The van der Waals surface area contributed by atoms with Crippen molar-refractivity contribution in [3.8, 4) is 0 Å². The summed E-state index contributed by atoms with van der Waals surface area (Å²) < 4.78 is 0. The molecule has 0 spiro atoms. The molecule has 0 bridgehead atoms. The van der Waals surface area contributed by atoms with Crippen molar-refractivity contribution in [3.63, 3.8) is 0 Å². The first-order valence-electron chi connectivity index (χ1n) is 7.92. The Morgan fingerprint density at radius 3 is 2.52 bits per heavy atom. The Hall–Kier alpha value is -1.64. The monoisotopic (exact) mass is 279 g/mol. The first kappa shape index (κ1) is 13.1. The van der Waals surface area contributed by atoms with E-state index in [1.807, 2.05) is 0 Å². The van der Waals surface area contributed by atoms with Crippen molar-refractivity contribution in [1.29, 1.82) is 0 Å². The van der Waals surface area contributed by atoms with Gasteiger partial charge in [0.25, 0.3) is 0 Å². The van der Waals surface area contributed by atoms with Crippen LogP contribution in [0.15, 0.2) is 48.5 Å². The fourth-order valence-corrected chi connectivity index (χ4v) is 3.39.